The molecule has 1 rings (SSSR count). The van der Waals surface area contributed by atoms with E-state index in [2.05, 4.69) is 5.32 Å². The molecule has 0 spiro atoms. The summed E-state index contributed by atoms with van der Waals surface area (Å²) in [7, 11) is 1.34. The summed E-state index contributed by atoms with van der Waals surface area (Å²) >= 11 is 17.5. The lowest BCUT2D eigenvalue weighted by Gasteiger charge is -2.14. The molecule has 0 saturated heterocycles. The minimum absolute atomic E-state index is 0.0355. The van der Waals surface area contributed by atoms with Crippen LogP contribution in [0.4, 0.5) is 4.79 Å². The molecule has 0 aliphatic heterocycles. The van der Waals surface area contributed by atoms with Crippen molar-refractivity contribution in [2.75, 3.05) is 7.05 Å². The molecular formula is C12H11Cl3N2O4. The molecule has 1 atom stereocenters. The van der Waals surface area contributed by atoms with Crippen LogP contribution < -0.4 is 10.6 Å². The highest BCUT2D eigenvalue weighted by Gasteiger charge is 2.24. The summed E-state index contributed by atoms with van der Waals surface area (Å²) in [6.07, 6.45) is -1.22. The van der Waals surface area contributed by atoms with Gasteiger partial charge in [0.15, 0.2) is 6.10 Å². The first kappa shape index (κ1) is 17.6. The van der Waals surface area contributed by atoms with E-state index in [9.17, 15) is 14.4 Å². The lowest BCUT2D eigenvalue weighted by Crippen LogP contribution is -2.43. The van der Waals surface area contributed by atoms with Crippen LogP contribution in [0.1, 0.15) is 17.3 Å². The van der Waals surface area contributed by atoms with Gasteiger partial charge in [-0.05, 0) is 19.1 Å². The van der Waals surface area contributed by atoms with Crippen LogP contribution >= 0.6 is 34.8 Å². The number of carbonyl (C=O) groups is 3. The summed E-state index contributed by atoms with van der Waals surface area (Å²) in [4.78, 5) is 34.5. The molecule has 0 radical (unpaired) electrons. The Morgan fingerprint density at radius 1 is 1.14 bits per heavy atom. The number of urea groups is 1. The number of esters is 1. The molecule has 0 aliphatic carbocycles. The van der Waals surface area contributed by atoms with Gasteiger partial charge < -0.3 is 10.1 Å². The first-order valence-electron chi connectivity index (χ1n) is 5.65. The molecule has 1 aromatic rings. The Kier molecular flexibility index (Phi) is 6.26. The Labute approximate surface area is 135 Å². The number of carbonyl (C=O) groups excluding carboxylic acids is 3. The van der Waals surface area contributed by atoms with Gasteiger partial charge in [-0.2, -0.15) is 0 Å². The average molecular weight is 354 g/mol. The van der Waals surface area contributed by atoms with Crippen molar-refractivity contribution in [2.45, 2.75) is 13.0 Å². The summed E-state index contributed by atoms with van der Waals surface area (Å²) < 4.78 is 4.90. The van der Waals surface area contributed by atoms with E-state index >= 15 is 0 Å². The second-order valence-corrected chi connectivity index (χ2v) is 5.03. The zero-order valence-corrected chi connectivity index (χ0v) is 13.3. The van der Waals surface area contributed by atoms with Gasteiger partial charge >= 0.3 is 12.0 Å². The second-order valence-electron chi connectivity index (χ2n) is 3.83. The number of imide groups is 1. The van der Waals surface area contributed by atoms with Gasteiger partial charge in [0.25, 0.3) is 5.91 Å². The SMILES string of the molecule is CNC(=O)NC(=O)[C@H](C)OC(=O)c1c(Cl)ccc(Cl)c1Cl. The van der Waals surface area contributed by atoms with E-state index in [1.807, 2.05) is 5.32 Å². The van der Waals surface area contributed by atoms with E-state index in [0.29, 0.717) is 0 Å². The number of halogens is 3. The highest BCUT2D eigenvalue weighted by Crippen LogP contribution is 2.32. The number of hydrogen-bond donors (Lipinski definition) is 2. The number of ether oxygens (including phenoxy) is 1. The molecule has 3 amide bonds. The molecule has 0 unspecified atom stereocenters. The third kappa shape index (κ3) is 4.49. The summed E-state index contributed by atoms with van der Waals surface area (Å²) in [5.41, 5.74) is -0.148. The molecule has 0 fully saturated rings. The predicted molar refractivity (Wildman–Crippen MR) is 78.9 cm³/mol. The van der Waals surface area contributed by atoms with Crippen LogP contribution in [0.3, 0.4) is 0 Å². The van der Waals surface area contributed by atoms with Gasteiger partial charge in [-0.3, -0.25) is 10.1 Å². The third-order valence-corrected chi connectivity index (χ3v) is 3.48. The monoisotopic (exact) mass is 352 g/mol. The third-order valence-electron chi connectivity index (χ3n) is 2.36. The quantitative estimate of drug-likeness (QED) is 0.646. The van der Waals surface area contributed by atoms with Crippen LogP contribution in [0.5, 0.6) is 0 Å². The van der Waals surface area contributed by atoms with Crippen molar-refractivity contribution >= 4 is 52.7 Å². The molecule has 0 aromatic heterocycles. The van der Waals surface area contributed by atoms with E-state index in [4.69, 9.17) is 39.5 Å². The van der Waals surface area contributed by atoms with Gasteiger partial charge in [-0.1, -0.05) is 34.8 Å². The van der Waals surface area contributed by atoms with Crippen molar-refractivity contribution in [3.8, 4) is 0 Å². The predicted octanol–water partition coefficient (Wildman–Crippen LogP) is 2.65. The maximum absolute atomic E-state index is 12.0. The van der Waals surface area contributed by atoms with E-state index in [-0.39, 0.29) is 20.6 Å². The average Bonchev–Trinajstić information content (AvgIpc) is 2.43. The Hall–Kier alpha value is -1.50. The van der Waals surface area contributed by atoms with Gasteiger partial charge in [-0.15, -0.1) is 0 Å². The molecule has 0 heterocycles. The topological polar surface area (TPSA) is 84.5 Å². The first-order valence-corrected chi connectivity index (χ1v) is 6.78. The van der Waals surface area contributed by atoms with Crippen molar-refractivity contribution in [1.82, 2.24) is 10.6 Å². The van der Waals surface area contributed by atoms with Crippen LogP contribution in [-0.4, -0.2) is 31.1 Å². The Morgan fingerprint density at radius 2 is 1.71 bits per heavy atom. The number of nitrogens with one attached hydrogen (secondary N) is 2. The van der Waals surface area contributed by atoms with E-state index in [1.54, 1.807) is 0 Å². The molecular weight excluding hydrogens is 343 g/mol. The summed E-state index contributed by atoms with van der Waals surface area (Å²) in [6, 6.07) is 2.08. The number of hydrogen-bond acceptors (Lipinski definition) is 4. The van der Waals surface area contributed by atoms with Crippen molar-refractivity contribution in [2.24, 2.45) is 0 Å². The fraction of sp³-hybridized carbons (Fsp3) is 0.250. The largest absolute Gasteiger partial charge is 0.449 e. The maximum Gasteiger partial charge on any atom is 0.342 e. The first-order chi connectivity index (χ1) is 9.77. The molecule has 114 valence electrons. The van der Waals surface area contributed by atoms with Crippen molar-refractivity contribution < 1.29 is 19.1 Å². The minimum Gasteiger partial charge on any atom is -0.449 e. The fourth-order valence-electron chi connectivity index (χ4n) is 1.26. The number of benzene rings is 1. The van der Waals surface area contributed by atoms with Crippen molar-refractivity contribution in [3.63, 3.8) is 0 Å². The van der Waals surface area contributed by atoms with Crippen molar-refractivity contribution in [3.05, 3.63) is 32.8 Å². The van der Waals surface area contributed by atoms with Crippen molar-refractivity contribution in [1.29, 1.82) is 0 Å². The number of rotatable bonds is 3. The minimum atomic E-state index is -1.22. The Bertz CT molecular complexity index is 592. The summed E-state index contributed by atoms with van der Waals surface area (Å²) in [6.45, 7) is 1.29. The zero-order chi connectivity index (χ0) is 16.2. The van der Waals surface area contributed by atoms with E-state index < -0.39 is 24.0 Å². The normalized spacial score (nSPS) is 11.5. The smallest absolute Gasteiger partial charge is 0.342 e. The van der Waals surface area contributed by atoms with Gasteiger partial charge in [0.05, 0.1) is 20.6 Å². The molecule has 0 aliphatic rings. The lowest BCUT2D eigenvalue weighted by atomic mass is 10.2. The van der Waals surface area contributed by atoms with E-state index in [1.165, 1.54) is 26.1 Å². The molecule has 0 saturated carbocycles. The van der Waals surface area contributed by atoms with Crippen LogP contribution in [0.2, 0.25) is 15.1 Å². The highest BCUT2D eigenvalue weighted by molar-refractivity contribution is 6.46. The summed E-state index contributed by atoms with van der Waals surface area (Å²) in [5.74, 6) is -1.72. The van der Waals surface area contributed by atoms with Crippen LogP contribution in [0.15, 0.2) is 12.1 Å². The van der Waals surface area contributed by atoms with Gasteiger partial charge in [0.1, 0.15) is 0 Å². The standard InChI is InChI=1S/C12H11Cl3N2O4/c1-5(10(18)17-12(20)16-2)21-11(19)8-6(13)3-4-7(14)9(8)15/h3-5H,1-2H3,(H2,16,17,18,20)/t5-/m0/s1. The highest BCUT2D eigenvalue weighted by atomic mass is 35.5. The molecule has 9 heteroatoms. The van der Waals surface area contributed by atoms with Crippen LogP contribution in [0, 0.1) is 0 Å². The Balaban J connectivity index is 2.85. The van der Waals surface area contributed by atoms with Crippen LogP contribution in [-0.2, 0) is 9.53 Å². The van der Waals surface area contributed by atoms with Crippen LogP contribution in [0.25, 0.3) is 0 Å². The second kappa shape index (κ2) is 7.49. The molecule has 2 N–H and O–H groups in total. The molecule has 21 heavy (non-hydrogen) atoms. The molecule has 1 aromatic carbocycles. The Morgan fingerprint density at radius 3 is 2.29 bits per heavy atom. The fourth-order valence-corrected chi connectivity index (χ4v) is 1.95. The van der Waals surface area contributed by atoms with E-state index in [0.717, 1.165) is 0 Å². The zero-order valence-electron chi connectivity index (χ0n) is 11.0. The lowest BCUT2D eigenvalue weighted by molar-refractivity contribution is -0.127. The van der Waals surface area contributed by atoms with Gasteiger partial charge in [0, 0.05) is 7.05 Å². The van der Waals surface area contributed by atoms with Gasteiger partial charge in [0.2, 0.25) is 0 Å². The number of amides is 3. The van der Waals surface area contributed by atoms with Gasteiger partial charge in [-0.25, -0.2) is 9.59 Å². The maximum atomic E-state index is 12.0. The summed E-state index contributed by atoms with van der Waals surface area (Å²) in [5, 5.41) is 4.24. The molecule has 6 nitrogen and oxygen atoms in total. The molecule has 0 bridgehead atoms.